The Balaban J connectivity index is 2.11. The van der Waals surface area contributed by atoms with Crippen LogP contribution in [0.2, 0.25) is 0 Å². The molecule has 20 heavy (non-hydrogen) atoms. The summed E-state index contributed by atoms with van der Waals surface area (Å²) in [6.07, 6.45) is 2.83. The molecule has 0 N–H and O–H groups in total. The molecule has 2 aromatic carbocycles. The molecule has 2 aromatic rings. The van der Waals surface area contributed by atoms with E-state index in [2.05, 4.69) is 0 Å². The first-order valence-electron chi connectivity index (χ1n) is 6.30. The van der Waals surface area contributed by atoms with Gasteiger partial charge in [0.15, 0.2) is 0 Å². The maximum absolute atomic E-state index is 12.8. The topological polar surface area (TPSA) is 43.4 Å². The average molecular weight is 264 g/mol. The second-order valence-corrected chi connectivity index (χ2v) is 4.55. The molecule has 0 aliphatic carbocycles. The van der Waals surface area contributed by atoms with E-state index in [1.807, 2.05) is 24.3 Å². The molecule has 0 radical (unpaired) electrons. The largest absolute Gasteiger partial charge is 0.438 e. The third kappa shape index (κ3) is 1.93. The zero-order valence-electron chi connectivity index (χ0n) is 10.7. The molecule has 0 aromatic heterocycles. The standard InChI is InChI=1S/C17H12O3/c18-15-11-12-17(20-15,14-9-5-2-6-10-14)16(19)13-7-3-1-4-8-13/h1-12H. The van der Waals surface area contributed by atoms with Crippen LogP contribution in [0.1, 0.15) is 15.9 Å². The van der Waals surface area contributed by atoms with Crippen molar-refractivity contribution in [2.45, 2.75) is 5.60 Å². The monoisotopic (exact) mass is 264 g/mol. The van der Waals surface area contributed by atoms with Gasteiger partial charge in [-0.25, -0.2) is 4.79 Å². The molecule has 1 aliphatic heterocycles. The molecule has 98 valence electrons. The molecule has 0 amide bonds. The van der Waals surface area contributed by atoms with Gasteiger partial charge in [-0.1, -0.05) is 60.7 Å². The van der Waals surface area contributed by atoms with E-state index in [1.54, 1.807) is 36.4 Å². The van der Waals surface area contributed by atoms with Crippen LogP contribution >= 0.6 is 0 Å². The Morgan fingerprint density at radius 2 is 1.50 bits per heavy atom. The third-order valence-electron chi connectivity index (χ3n) is 3.29. The lowest BCUT2D eigenvalue weighted by molar-refractivity contribution is -0.143. The van der Waals surface area contributed by atoms with Crippen LogP contribution in [0, 0.1) is 0 Å². The summed E-state index contributed by atoms with van der Waals surface area (Å²) in [5.41, 5.74) is -0.189. The number of benzene rings is 2. The van der Waals surface area contributed by atoms with Crippen LogP contribution in [-0.2, 0) is 15.1 Å². The number of esters is 1. The van der Waals surface area contributed by atoms with E-state index >= 15 is 0 Å². The highest BCUT2D eigenvalue weighted by molar-refractivity contribution is 6.08. The van der Waals surface area contributed by atoms with Gasteiger partial charge in [-0.2, -0.15) is 0 Å². The predicted molar refractivity (Wildman–Crippen MR) is 74.1 cm³/mol. The van der Waals surface area contributed by atoms with Gasteiger partial charge in [0.05, 0.1) is 0 Å². The summed E-state index contributed by atoms with van der Waals surface area (Å²) in [4.78, 5) is 24.3. The Morgan fingerprint density at radius 1 is 0.900 bits per heavy atom. The third-order valence-corrected chi connectivity index (χ3v) is 3.29. The van der Waals surface area contributed by atoms with Gasteiger partial charge in [0, 0.05) is 17.2 Å². The molecule has 3 nitrogen and oxygen atoms in total. The predicted octanol–water partition coefficient (Wildman–Crippen LogP) is 2.88. The summed E-state index contributed by atoms with van der Waals surface area (Å²) in [5, 5.41) is 0. The second kappa shape index (κ2) is 4.78. The van der Waals surface area contributed by atoms with Gasteiger partial charge in [-0.3, -0.25) is 4.79 Å². The first kappa shape index (κ1) is 12.4. The molecular weight excluding hydrogens is 252 g/mol. The molecule has 1 atom stereocenters. The van der Waals surface area contributed by atoms with Crippen LogP contribution in [0.5, 0.6) is 0 Å². The van der Waals surface area contributed by atoms with Crippen molar-refractivity contribution in [1.29, 1.82) is 0 Å². The second-order valence-electron chi connectivity index (χ2n) is 4.55. The number of ketones is 1. The molecular formula is C17H12O3. The number of ether oxygens (including phenoxy) is 1. The highest BCUT2D eigenvalue weighted by Gasteiger charge is 2.45. The fourth-order valence-electron chi connectivity index (χ4n) is 2.31. The zero-order chi connectivity index (χ0) is 14.0. The van der Waals surface area contributed by atoms with E-state index in [4.69, 9.17) is 4.74 Å². The van der Waals surface area contributed by atoms with Crippen LogP contribution < -0.4 is 0 Å². The van der Waals surface area contributed by atoms with Gasteiger partial charge in [-0.05, 0) is 6.08 Å². The van der Waals surface area contributed by atoms with Crippen LogP contribution in [0.25, 0.3) is 0 Å². The number of carbonyl (C=O) groups excluding carboxylic acids is 2. The minimum absolute atomic E-state index is 0.244. The highest BCUT2D eigenvalue weighted by Crippen LogP contribution is 2.35. The summed E-state index contributed by atoms with van der Waals surface area (Å²) >= 11 is 0. The molecule has 3 heteroatoms. The van der Waals surface area contributed by atoms with Crippen molar-refractivity contribution in [3.8, 4) is 0 Å². The molecule has 0 fully saturated rings. The summed E-state index contributed by atoms with van der Waals surface area (Å²) in [6, 6.07) is 17.9. The van der Waals surface area contributed by atoms with Crippen LogP contribution in [-0.4, -0.2) is 11.8 Å². The zero-order valence-corrected chi connectivity index (χ0v) is 10.7. The van der Waals surface area contributed by atoms with E-state index in [1.165, 1.54) is 12.2 Å². The van der Waals surface area contributed by atoms with Crippen molar-refractivity contribution in [3.05, 3.63) is 83.9 Å². The highest BCUT2D eigenvalue weighted by atomic mass is 16.6. The first-order chi connectivity index (χ1) is 9.72. The average Bonchev–Trinajstić information content (AvgIpc) is 2.92. The van der Waals surface area contributed by atoms with E-state index in [0.717, 1.165) is 0 Å². The normalized spacial score (nSPS) is 20.7. The maximum Gasteiger partial charge on any atom is 0.332 e. The minimum Gasteiger partial charge on any atom is -0.438 e. The Bertz CT molecular complexity index is 674. The van der Waals surface area contributed by atoms with Crippen molar-refractivity contribution >= 4 is 11.8 Å². The minimum atomic E-state index is -1.35. The van der Waals surface area contributed by atoms with Gasteiger partial charge in [0.2, 0.25) is 11.4 Å². The number of carbonyl (C=O) groups is 2. The fourth-order valence-corrected chi connectivity index (χ4v) is 2.31. The van der Waals surface area contributed by atoms with Gasteiger partial charge in [-0.15, -0.1) is 0 Å². The number of cyclic esters (lactones) is 1. The maximum atomic E-state index is 12.8. The molecule has 1 heterocycles. The number of hydrogen-bond donors (Lipinski definition) is 0. The van der Waals surface area contributed by atoms with Gasteiger partial charge in [0.25, 0.3) is 0 Å². The molecule has 3 rings (SSSR count). The molecule has 0 saturated heterocycles. The van der Waals surface area contributed by atoms with E-state index in [0.29, 0.717) is 11.1 Å². The van der Waals surface area contributed by atoms with Crippen LogP contribution in [0.15, 0.2) is 72.8 Å². The summed E-state index contributed by atoms with van der Waals surface area (Å²) in [6.45, 7) is 0. The smallest absolute Gasteiger partial charge is 0.332 e. The van der Waals surface area contributed by atoms with Crippen LogP contribution in [0.3, 0.4) is 0 Å². The fraction of sp³-hybridized carbons (Fsp3) is 0.0588. The van der Waals surface area contributed by atoms with Gasteiger partial charge in [0.1, 0.15) is 0 Å². The van der Waals surface area contributed by atoms with Gasteiger partial charge >= 0.3 is 5.97 Å². The molecule has 0 saturated carbocycles. The van der Waals surface area contributed by atoms with Crippen molar-refractivity contribution in [2.75, 3.05) is 0 Å². The van der Waals surface area contributed by atoms with Crippen LogP contribution in [0.4, 0.5) is 0 Å². The molecule has 0 spiro atoms. The summed E-state index contributed by atoms with van der Waals surface area (Å²) in [7, 11) is 0. The number of Topliss-reactive ketones (excluding diaryl/α,β-unsaturated/α-hetero) is 1. The van der Waals surface area contributed by atoms with Gasteiger partial charge < -0.3 is 4.74 Å². The Hall–Kier alpha value is -2.68. The Kier molecular flexibility index (Phi) is 2.95. The molecule has 1 aliphatic rings. The summed E-state index contributed by atoms with van der Waals surface area (Å²) < 4.78 is 5.35. The van der Waals surface area contributed by atoms with E-state index in [9.17, 15) is 9.59 Å². The van der Waals surface area contributed by atoms with E-state index < -0.39 is 11.6 Å². The number of hydrogen-bond acceptors (Lipinski definition) is 3. The number of rotatable bonds is 3. The summed E-state index contributed by atoms with van der Waals surface area (Å²) in [5.74, 6) is -0.746. The quantitative estimate of drug-likeness (QED) is 0.632. The lowest BCUT2D eigenvalue weighted by Gasteiger charge is -2.25. The molecule has 0 bridgehead atoms. The lowest BCUT2D eigenvalue weighted by Crippen LogP contribution is -2.35. The van der Waals surface area contributed by atoms with Crippen molar-refractivity contribution in [3.63, 3.8) is 0 Å². The Labute approximate surface area is 116 Å². The van der Waals surface area contributed by atoms with Crippen molar-refractivity contribution in [1.82, 2.24) is 0 Å². The lowest BCUT2D eigenvalue weighted by atomic mass is 9.86. The molecule has 1 unspecified atom stereocenters. The van der Waals surface area contributed by atoms with Crippen molar-refractivity contribution < 1.29 is 14.3 Å². The Morgan fingerprint density at radius 3 is 2.05 bits per heavy atom. The SMILES string of the molecule is O=C1C=CC(C(=O)c2ccccc2)(c2ccccc2)O1. The van der Waals surface area contributed by atoms with E-state index in [-0.39, 0.29) is 5.78 Å². The first-order valence-corrected chi connectivity index (χ1v) is 6.30. The van der Waals surface area contributed by atoms with Crippen molar-refractivity contribution in [2.24, 2.45) is 0 Å².